The van der Waals surface area contributed by atoms with E-state index < -0.39 is 5.97 Å². The molecule has 7 nitrogen and oxygen atoms in total. The Hall–Kier alpha value is -2.01. The lowest BCUT2D eigenvalue weighted by Gasteiger charge is -2.00. The highest BCUT2D eigenvalue weighted by molar-refractivity contribution is 5.95. The van der Waals surface area contributed by atoms with Crippen molar-refractivity contribution in [3.05, 3.63) is 21.7 Å². The van der Waals surface area contributed by atoms with Crippen LogP contribution < -0.4 is 0 Å². The molecule has 1 rings (SSSR count). The van der Waals surface area contributed by atoms with Gasteiger partial charge in [-0.15, -0.1) is 0 Å². The molecule has 0 atom stereocenters. The van der Waals surface area contributed by atoms with Crippen LogP contribution in [-0.2, 0) is 11.8 Å². The number of aromatic nitrogens is 2. The zero-order chi connectivity index (χ0) is 11.4. The molecular formula is C8H11N5O2. The summed E-state index contributed by atoms with van der Waals surface area (Å²) < 4.78 is 6.18. The van der Waals surface area contributed by atoms with Gasteiger partial charge in [-0.05, 0) is 24.5 Å². The lowest BCUT2D eigenvalue weighted by atomic mass is 10.2. The number of rotatable bonds is 3. The van der Waals surface area contributed by atoms with Gasteiger partial charge in [0.25, 0.3) is 0 Å². The van der Waals surface area contributed by atoms with Crippen LogP contribution >= 0.6 is 0 Å². The second kappa shape index (κ2) is 4.47. The summed E-state index contributed by atoms with van der Waals surface area (Å²) in [7, 11) is 1.60. The van der Waals surface area contributed by atoms with Gasteiger partial charge < -0.3 is 4.74 Å². The number of nitrogens with zero attached hydrogens (tertiary/aromatic N) is 5. The van der Waals surface area contributed by atoms with Crippen LogP contribution in [0.2, 0.25) is 0 Å². The number of azide groups is 1. The van der Waals surface area contributed by atoms with Crippen molar-refractivity contribution in [2.24, 2.45) is 12.2 Å². The van der Waals surface area contributed by atoms with E-state index >= 15 is 0 Å². The zero-order valence-electron chi connectivity index (χ0n) is 8.76. The van der Waals surface area contributed by atoms with E-state index in [4.69, 9.17) is 10.3 Å². The van der Waals surface area contributed by atoms with Crippen LogP contribution in [0.25, 0.3) is 10.4 Å². The molecule has 0 unspecified atom stereocenters. The molecule has 0 aromatic carbocycles. The summed E-state index contributed by atoms with van der Waals surface area (Å²) in [4.78, 5) is 14.2. The van der Waals surface area contributed by atoms with Crippen LogP contribution in [-0.4, -0.2) is 22.4 Å². The third-order valence-electron chi connectivity index (χ3n) is 1.81. The minimum Gasteiger partial charge on any atom is -0.462 e. The van der Waals surface area contributed by atoms with Crippen molar-refractivity contribution in [1.29, 1.82) is 0 Å². The van der Waals surface area contributed by atoms with Crippen molar-refractivity contribution >= 4 is 11.8 Å². The van der Waals surface area contributed by atoms with Crippen LogP contribution in [0.1, 0.15) is 23.0 Å². The minimum atomic E-state index is -0.523. The Morgan fingerprint density at radius 1 is 1.73 bits per heavy atom. The van der Waals surface area contributed by atoms with Gasteiger partial charge in [0, 0.05) is 12.0 Å². The number of hydrogen-bond acceptors (Lipinski definition) is 4. The molecule has 1 aromatic heterocycles. The smallest absolute Gasteiger partial charge is 0.342 e. The first-order valence-electron chi connectivity index (χ1n) is 4.37. The average Bonchev–Trinajstić information content (AvgIpc) is 2.43. The molecule has 1 heterocycles. The second-order valence-corrected chi connectivity index (χ2v) is 2.82. The summed E-state index contributed by atoms with van der Waals surface area (Å²) in [5.74, 6) is -0.348. The molecule has 0 aliphatic carbocycles. The Labute approximate surface area is 86.3 Å². The molecule has 0 aliphatic rings. The van der Waals surface area contributed by atoms with E-state index in [-0.39, 0.29) is 18.0 Å². The summed E-state index contributed by atoms with van der Waals surface area (Å²) >= 11 is 0. The van der Waals surface area contributed by atoms with Gasteiger partial charge in [0.05, 0.1) is 12.3 Å². The van der Waals surface area contributed by atoms with E-state index in [0.29, 0.717) is 5.69 Å². The van der Waals surface area contributed by atoms with E-state index in [1.54, 1.807) is 20.9 Å². The molecule has 0 bridgehead atoms. The lowest BCUT2D eigenvalue weighted by molar-refractivity contribution is 0.0526. The van der Waals surface area contributed by atoms with Crippen molar-refractivity contribution in [2.45, 2.75) is 13.8 Å². The third kappa shape index (κ3) is 2.08. The van der Waals surface area contributed by atoms with Gasteiger partial charge in [0.2, 0.25) is 0 Å². The third-order valence-corrected chi connectivity index (χ3v) is 1.81. The highest BCUT2D eigenvalue weighted by Gasteiger charge is 2.20. The van der Waals surface area contributed by atoms with Gasteiger partial charge in [-0.2, -0.15) is 5.10 Å². The van der Waals surface area contributed by atoms with Crippen molar-refractivity contribution in [3.8, 4) is 0 Å². The molecule has 0 spiro atoms. The van der Waals surface area contributed by atoms with Crippen LogP contribution in [0.5, 0.6) is 0 Å². The van der Waals surface area contributed by atoms with Crippen molar-refractivity contribution in [3.63, 3.8) is 0 Å². The molecule has 0 radical (unpaired) electrons. The topological polar surface area (TPSA) is 92.9 Å². The summed E-state index contributed by atoms with van der Waals surface area (Å²) in [6, 6.07) is 0. The SMILES string of the molecule is CCOC(=O)c1c(C)nn(C)c1N=[N+]=[N-]. The standard InChI is InChI=1S/C8H11N5O2/c1-4-15-8(14)6-5(2)11-13(3)7(6)10-12-9/h4H2,1-3H3. The fourth-order valence-corrected chi connectivity index (χ4v) is 1.25. The molecular weight excluding hydrogens is 198 g/mol. The molecule has 80 valence electrons. The molecule has 7 heteroatoms. The van der Waals surface area contributed by atoms with E-state index in [9.17, 15) is 4.79 Å². The fraction of sp³-hybridized carbons (Fsp3) is 0.500. The van der Waals surface area contributed by atoms with E-state index in [0.717, 1.165) is 0 Å². The minimum absolute atomic E-state index is 0.174. The first-order chi connectivity index (χ1) is 7.11. The molecule has 0 fully saturated rings. The molecule has 0 saturated heterocycles. The van der Waals surface area contributed by atoms with Gasteiger partial charge in [0.1, 0.15) is 11.4 Å². The number of esters is 1. The van der Waals surface area contributed by atoms with E-state index in [2.05, 4.69) is 15.1 Å². The molecule has 0 N–H and O–H groups in total. The summed E-state index contributed by atoms with van der Waals surface area (Å²) in [6.07, 6.45) is 0. The Balaban J connectivity index is 3.25. The monoisotopic (exact) mass is 209 g/mol. The predicted octanol–water partition coefficient (Wildman–Crippen LogP) is 1.85. The number of hydrogen-bond donors (Lipinski definition) is 0. The lowest BCUT2D eigenvalue weighted by Crippen LogP contribution is -2.05. The molecule has 0 saturated carbocycles. The van der Waals surface area contributed by atoms with Crippen molar-refractivity contribution < 1.29 is 9.53 Å². The van der Waals surface area contributed by atoms with Crippen LogP contribution in [0, 0.1) is 6.92 Å². The molecule has 1 aromatic rings. The summed E-state index contributed by atoms with van der Waals surface area (Å²) in [5.41, 5.74) is 9.06. The zero-order valence-corrected chi connectivity index (χ0v) is 8.76. The first-order valence-corrected chi connectivity index (χ1v) is 4.37. The fourth-order valence-electron chi connectivity index (χ4n) is 1.25. The maximum absolute atomic E-state index is 11.5. The highest BCUT2D eigenvalue weighted by Crippen LogP contribution is 2.22. The predicted molar refractivity (Wildman–Crippen MR) is 52.7 cm³/mol. The Kier molecular flexibility index (Phi) is 3.30. The summed E-state index contributed by atoms with van der Waals surface area (Å²) in [6.45, 7) is 3.63. The van der Waals surface area contributed by atoms with E-state index in [1.807, 2.05) is 0 Å². The van der Waals surface area contributed by atoms with Gasteiger partial charge in [-0.3, -0.25) is 4.68 Å². The number of aryl methyl sites for hydroxylation is 2. The largest absolute Gasteiger partial charge is 0.462 e. The van der Waals surface area contributed by atoms with Crippen molar-refractivity contribution in [2.75, 3.05) is 6.61 Å². The van der Waals surface area contributed by atoms with Crippen LogP contribution in [0.15, 0.2) is 5.11 Å². The number of ether oxygens (including phenoxy) is 1. The van der Waals surface area contributed by atoms with Gasteiger partial charge in [0.15, 0.2) is 0 Å². The summed E-state index contributed by atoms with van der Waals surface area (Å²) in [5, 5.41) is 7.39. The Morgan fingerprint density at radius 2 is 2.40 bits per heavy atom. The highest BCUT2D eigenvalue weighted by atomic mass is 16.5. The number of carbonyl (C=O) groups is 1. The van der Waals surface area contributed by atoms with Gasteiger partial charge >= 0.3 is 5.97 Å². The maximum atomic E-state index is 11.5. The molecule has 0 amide bonds. The molecule has 0 aliphatic heterocycles. The van der Waals surface area contributed by atoms with Gasteiger partial charge in [-0.1, -0.05) is 0 Å². The second-order valence-electron chi connectivity index (χ2n) is 2.82. The first kappa shape index (κ1) is 11.1. The Morgan fingerprint density at radius 3 is 2.93 bits per heavy atom. The van der Waals surface area contributed by atoms with Crippen LogP contribution in [0.4, 0.5) is 5.82 Å². The maximum Gasteiger partial charge on any atom is 0.342 e. The van der Waals surface area contributed by atoms with E-state index in [1.165, 1.54) is 4.68 Å². The van der Waals surface area contributed by atoms with Gasteiger partial charge in [-0.25, -0.2) is 4.79 Å². The quantitative estimate of drug-likeness (QED) is 0.329. The number of carbonyl (C=O) groups excluding carboxylic acids is 1. The van der Waals surface area contributed by atoms with Crippen LogP contribution in [0.3, 0.4) is 0 Å². The molecule has 15 heavy (non-hydrogen) atoms. The van der Waals surface area contributed by atoms with Crippen molar-refractivity contribution in [1.82, 2.24) is 9.78 Å². The normalized spacial score (nSPS) is 9.53. The average molecular weight is 209 g/mol. The Bertz CT molecular complexity index is 430.